The van der Waals surface area contributed by atoms with E-state index in [-0.39, 0.29) is 0 Å². The Labute approximate surface area is 73.4 Å². The number of rotatable bonds is 2. The van der Waals surface area contributed by atoms with Crippen LogP contribution >= 0.6 is 11.3 Å². The summed E-state index contributed by atoms with van der Waals surface area (Å²) in [7, 11) is 0. The molecule has 0 unspecified atom stereocenters. The van der Waals surface area contributed by atoms with Crippen molar-refractivity contribution < 1.29 is 9.21 Å². The van der Waals surface area contributed by atoms with Crippen LogP contribution in [0.4, 0.5) is 0 Å². The third-order valence-electron chi connectivity index (χ3n) is 1.51. The average Bonchev–Trinajstić information content (AvgIpc) is 2.75. The number of carbonyl (C=O) groups excluding carboxylic acids is 1. The van der Waals surface area contributed by atoms with Crippen LogP contribution in [0.15, 0.2) is 34.1 Å². The predicted molar refractivity (Wildman–Crippen MR) is 47.4 cm³/mol. The Hall–Kier alpha value is -1.35. The second-order valence-corrected chi connectivity index (χ2v) is 3.24. The lowest BCUT2D eigenvalue weighted by Crippen LogP contribution is -1.67. The monoisotopic (exact) mass is 178 g/mol. The van der Waals surface area contributed by atoms with Crippen LogP contribution in [-0.4, -0.2) is 6.29 Å². The molecule has 0 N–H and O–H groups in total. The summed E-state index contributed by atoms with van der Waals surface area (Å²) in [6, 6.07) is 7.37. The molecule has 0 aromatic carbocycles. The number of hydrogen-bond acceptors (Lipinski definition) is 3. The molecule has 0 radical (unpaired) electrons. The number of furan rings is 1. The van der Waals surface area contributed by atoms with Gasteiger partial charge in [-0.25, -0.2) is 0 Å². The highest BCUT2D eigenvalue weighted by atomic mass is 32.1. The van der Waals surface area contributed by atoms with E-state index in [1.165, 1.54) is 0 Å². The molecule has 0 fully saturated rings. The van der Waals surface area contributed by atoms with Gasteiger partial charge in [-0.2, -0.15) is 0 Å². The van der Waals surface area contributed by atoms with Crippen molar-refractivity contribution in [2.24, 2.45) is 0 Å². The molecule has 0 amide bonds. The Morgan fingerprint density at radius 1 is 1.33 bits per heavy atom. The molecule has 2 heterocycles. The molecule has 2 aromatic rings. The fourth-order valence-corrected chi connectivity index (χ4v) is 1.65. The summed E-state index contributed by atoms with van der Waals surface area (Å²) < 4.78 is 5.22. The molecule has 2 rings (SSSR count). The van der Waals surface area contributed by atoms with E-state index in [4.69, 9.17) is 4.42 Å². The second kappa shape index (κ2) is 2.95. The second-order valence-electron chi connectivity index (χ2n) is 2.30. The largest absolute Gasteiger partial charge is 0.452 e. The first-order chi connectivity index (χ1) is 5.90. The van der Waals surface area contributed by atoms with Crippen LogP contribution in [0.1, 0.15) is 10.6 Å². The fourth-order valence-electron chi connectivity index (χ4n) is 0.967. The van der Waals surface area contributed by atoms with Crippen molar-refractivity contribution in [1.29, 1.82) is 0 Å². The molecule has 2 aromatic heterocycles. The first kappa shape index (κ1) is 7.31. The van der Waals surface area contributed by atoms with E-state index < -0.39 is 0 Å². The van der Waals surface area contributed by atoms with Gasteiger partial charge >= 0.3 is 0 Å². The summed E-state index contributed by atoms with van der Waals surface area (Å²) in [5.41, 5.74) is 0. The lowest BCUT2D eigenvalue weighted by atomic mass is 10.4. The maximum absolute atomic E-state index is 10.3. The molecule has 0 aliphatic rings. The van der Waals surface area contributed by atoms with Crippen LogP contribution in [0.25, 0.3) is 10.6 Å². The Morgan fingerprint density at radius 2 is 2.25 bits per heavy atom. The molecule has 12 heavy (non-hydrogen) atoms. The highest BCUT2D eigenvalue weighted by molar-refractivity contribution is 7.13. The third kappa shape index (κ3) is 1.19. The maximum atomic E-state index is 10.3. The van der Waals surface area contributed by atoms with Crippen LogP contribution in [0.2, 0.25) is 0 Å². The minimum atomic E-state index is 0.374. The summed E-state index contributed by atoms with van der Waals surface area (Å²) in [6.45, 7) is 0. The van der Waals surface area contributed by atoms with E-state index in [0.29, 0.717) is 12.0 Å². The summed E-state index contributed by atoms with van der Waals surface area (Å²) in [4.78, 5) is 11.3. The van der Waals surface area contributed by atoms with Crippen LogP contribution in [0.5, 0.6) is 0 Å². The Kier molecular flexibility index (Phi) is 1.80. The minimum Gasteiger partial charge on any atom is -0.452 e. The zero-order chi connectivity index (χ0) is 8.39. The number of hydrogen-bond donors (Lipinski definition) is 0. The van der Waals surface area contributed by atoms with E-state index in [1.807, 2.05) is 17.5 Å². The standard InChI is InChI=1S/C9H6O2S/c10-6-7-3-4-8(11-7)9-2-1-5-12-9/h1-6H. The molecular formula is C9H6O2S. The Bertz CT molecular complexity index is 373. The molecule has 0 bridgehead atoms. The smallest absolute Gasteiger partial charge is 0.185 e. The van der Waals surface area contributed by atoms with Crippen molar-refractivity contribution in [2.75, 3.05) is 0 Å². The van der Waals surface area contributed by atoms with E-state index >= 15 is 0 Å². The van der Waals surface area contributed by atoms with Crippen LogP contribution in [0, 0.1) is 0 Å². The molecular weight excluding hydrogens is 172 g/mol. The molecule has 60 valence electrons. The highest BCUT2D eigenvalue weighted by Gasteiger charge is 2.03. The number of carbonyl (C=O) groups is 1. The van der Waals surface area contributed by atoms with E-state index in [2.05, 4.69) is 0 Å². The lowest BCUT2D eigenvalue weighted by molar-refractivity contribution is 0.110. The zero-order valence-electron chi connectivity index (χ0n) is 6.19. The van der Waals surface area contributed by atoms with Crippen LogP contribution in [0.3, 0.4) is 0 Å². The molecule has 0 spiro atoms. The summed E-state index contributed by atoms with van der Waals surface area (Å²) in [6.07, 6.45) is 0.705. The number of aldehydes is 1. The zero-order valence-corrected chi connectivity index (χ0v) is 7.01. The van der Waals surface area contributed by atoms with Crippen LogP contribution < -0.4 is 0 Å². The van der Waals surface area contributed by atoms with Crippen molar-refractivity contribution in [1.82, 2.24) is 0 Å². The lowest BCUT2D eigenvalue weighted by Gasteiger charge is -1.86. The first-order valence-electron chi connectivity index (χ1n) is 3.49. The van der Waals surface area contributed by atoms with Gasteiger partial charge in [-0.15, -0.1) is 11.3 Å². The SMILES string of the molecule is O=Cc1ccc(-c2cccs2)o1. The highest BCUT2D eigenvalue weighted by Crippen LogP contribution is 2.25. The average molecular weight is 178 g/mol. The van der Waals surface area contributed by atoms with Gasteiger partial charge < -0.3 is 4.42 Å². The van der Waals surface area contributed by atoms with Gasteiger partial charge in [0.05, 0.1) is 4.88 Å². The van der Waals surface area contributed by atoms with Gasteiger partial charge in [0.15, 0.2) is 12.0 Å². The van der Waals surface area contributed by atoms with Gasteiger partial charge in [-0.1, -0.05) is 6.07 Å². The summed E-state index contributed by atoms with van der Waals surface area (Å²) >= 11 is 1.59. The van der Waals surface area contributed by atoms with Crippen molar-refractivity contribution in [3.05, 3.63) is 35.4 Å². The van der Waals surface area contributed by atoms with Gasteiger partial charge in [0.1, 0.15) is 5.76 Å². The topological polar surface area (TPSA) is 30.2 Å². The summed E-state index contributed by atoms with van der Waals surface area (Å²) in [5.74, 6) is 1.13. The van der Waals surface area contributed by atoms with Gasteiger partial charge in [0.2, 0.25) is 0 Å². The molecule has 0 saturated carbocycles. The molecule has 3 heteroatoms. The van der Waals surface area contributed by atoms with Crippen molar-refractivity contribution in [3.63, 3.8) is 0 Å². The predicted octanol–water partition coefficient (Wildman–Crippen LogP) is 2.82. The minimum absolute atomic E-state index is 0.374. The van der Waals surface area contributed by atoms with Gasteiger partial charge in [-0.05, 0) is 23.6 Å². The van der Waals surface area contributed by atoms with E-state index in [1.54, 1.807) is 23.5 Å². The van der Waals surface area contributed by atoms with Gasteiger partial charge in [0.25, 0.3) is 0 Å². The molecule has 2 nitrogen and oxygen atoms in total. The normalized spacial score (nSPS) is 10.0. The molecule has 0 atom stereocenters. The van der Waals surface area contributed by atoms with Crippen molar-refractivity contribution in [3.8, 4) is 10.6 Å². The van der Waals surface area contributed by atoms with E-state index in [9.17, 15) is 4.79 Å². The Morgan fingerprint density at radius 3 is 2.83 bits per heavy atom. The van der Waals surface area contributed by atoms with Crippen LogP contribution in [-0.2, 0) is 0 Å². The van der Waals surface area contributed by atoms with Crippen molar-refractivity contribution >= 4 is 17.6 Å². The summed E-state index contributed by atoms with van der Waals surface area (Å²) in [5, 5.41) is 1.97. The fraction of sp³-hybridized carbons (Fsp3) is 0. The molecule has 0 aliphatic carbocycles. The molecule has 0 saturated heterocycles. The quantitative estimate of drug-likeness (QED) is 0.662. The number of thiophene rings is 1. The van der Waals surface area contributed by atoms with Crippen molar-refractivity contribution in [2.45, 2.75) is 0 Å². The van der Waals surface area contributed by atoms with Gasteiger partial charge in [-0.3, -0.25) is 4.79 Å². The molecule has 0 aliphatic heterocycles. The Balaban J connectivity index is 2.41. The maximum Gasteiger partial charge on any atom is 0.185 e. The third-order valence-corrected chi connectivity index (χ3v) is 2.39. The van der Waals surface area contributed by atoms with Gasteiger partial charge in [0, 0.05) is 0 Å². The first-order valence-corrected chi connectivity index (χ1v) is 4.37. The van der Waals surface area contributed by atoms with E-state index in [0.717, 1.165) is 10.6 Å².